The summed E-state index contributed by atoms with van der Waals surface area (Å²) >= 11 is 1.22. The molecule has 0 fully saturated rings. The summed E-state index contributed by atoms with van der Waals surface area (Å²) in [6.07, 6.45) is 0. The van der Waals surface area contributed by atoms with E-state index in [2.05, 4.69) is 10.3 Å². The van der Waals surface area contributed by atoms with Gasteiger partial charge in [0.1, 0.15) is 0 Å². The molecular formula is C19H29N5O4S2. The number of primary amides is 1. The molecule has 0 aliphatic carbocycles. The number of hydrogen-bond acceptors (Lipinski definition) is 6. The Balaban J connectivity index is 2.49. The quantitative estimate of drug-likeness (QED) is 0.559. The van der Waals surface area contributed by atoms with E-state index in [-0.39, 0.29) is 10.8 Å². The van der Waals surface area contributed by atoms with Crippen molar-refractivity contribution < 1.29 is 18.0 Å². The van der Waals surface area contributed by atoms with E-state index in [0.717, 1.165) is 5.52 Å². The van der Waals surface area contributed by atoms with E-state index in [1.54, 1.807) is 32.0 Å². The summed E-state index contributed by atoms with van der Waals surface area (Å²) in [7, 11) is -3.60. The zero-order valence-electron chi connectivity index (χ0n) is 17.9. The molecule has 3 amide bonds. The number of carbonyl (C=O) groups excluding carboxylic acids is 2. The zero-order chi connectivity index (χ0) is 22.6. The number of imide groups is 1. The summed E-state index contributed by atoms with van der Waals surface area (Å²) in [5.41, 5.74) is 6.39. The van der Waals surface area contributed by atoms with E-state index >= 15 is 0 Å². The molecule has 3 N–H and O–H groups in total. The van der Waals surface area contributed by atoms with Gasteiger partial charge in [-0.2, -0.15) is 4.31 Å². The van der Waals surface area contributed by atoms with E-state index in [0.29, 0.717) is 30.3 Å². The first-order valence-electron chi connectivity index (χ1n) is 9.84. The minimum absolute atomic E-state index is 0.0851. The van der Waals surface area contributed by atoms with Gasteiger partial charge in [-0.1, -0.05) is 39.5 Å². The topological polar surface area (TPSA) is 127 Å². The van der Waals surface area contributed by atoms with Gasteiger partial charge in [0.05, 0.1) is 21.2 Å². The third-order valence-electron chi connectivity index (χ3n) is 4.69. The number of aryl methyl sites for hydroxylation is 1. The van der Waals surface area contributed by atoms with Crippen LogP contribution < -0.4 is 11.1 Å². The van der Waals surface area contributed by atoms with Gasteiger partial charge in [0.2, 0.25) is 15.9 Å². The first-order chi connectivity index (χ1) is 14.1. The maximum atomic E-state index is 12.8. The summed E-state index contributed by atoms with van der Waals surface area (Å²) in [4.78, 5) is 28.3. The number of sulfonamides is 1. The van der Waals surface area contributed by atoms with Crippen molar-refractivity contribution in [3.63, 3.8) is 0 Å². The molecule has 0 spiro atoms. The van der Waals surface area contributed by atoms with E-state index in [9.17, 15) is 18.0 Å². The Kier molecular flexibility index (Phi) is 7.89. The Bertz CT molecular complexity index is 1030. The summed E-state index contributed by atoms with van der Waals surface area (Å²) in [5, 5.41) is 2.11. The molecule has 2 aromatic rings. The van der Waals surface area contributed by atoms with Crippen molar-refractivity contribution in [1.82, 2.24) is 19.2 Å². The van der Waals surface area contributed by atoms with Gasteiger partial charge >= 0.3 is 6.03 Å². The summed E-state index contributed by atoms with van der Waals surface area (Å²) < 4.78 is 29.0. The fourth-order valence-electron chi connectivity index (χ4n) is 3.15. The van der Waals surface area contributed by atoms with Crippen LogP contribution in [0, 0.1) is 5.92 Å². The van der Waals surface area contributed by atoms with Gasteiger partial charge in [-0.05, 0) is 31.0 Å². The third-order valence-corrected chi connectivity index (χ3v) is 8.27. The van der Waals surface area contributed by atoms with Crippen molar-refractivity contribution in [2.24, 2.45) is 11.7 Å². The molecule has 1 unspecified atom stereocenters. The molecule has 1 atom stereocenters. The molecule has 11 heteroatoms. The van der Waals surface area contributed by atoms with E-state index in [1.807, 2.05) is 25.3 Å². The molecule has 0 saturated heterocycles. The Morgan fingerprint density at radius 1 is 1.23 bits per heavy atom. The second-order valence-electron chi connectivity index (χ2n) is 7.01. The van der Waals surface area contributed by atoms with Crippen molar-refractivity contribution in [2.75, 3.05) is 13.1 Å². The van der Waals surface area contributed by atoms with Crippen LogP contribution in [0.3, 0.4) is 0 Å². The smallest absolute Gasteiger partial charge is 0.318 e. The van der Waals surface area contributed by atoms with Crippen LogP contribution >= 0.6 is 11.8 Å². The predicted octanol–water partition coefficient (Wildman–Crippen LogP) is 2.40. The van der Waals surface area contributed by atoms with Crippen molar-refractivity contribution >= 4 is 44.8 Å². The number of nitrogens with two attached hydrogens (primary N) is 1. The SMILES string of the molecule is CCN(CC)S(=O)(=O)c1ccc2c(c1)nc(SC(C(=O)NC(N)=O)C(C)C)n2CC. The Labute approximate surface area is 181 Å². The lowest BCUT2D eigenvalue weighted by Crippen LogP contribution is -2.42. The number of hydrogen-bond donors (Lipinski definition) is 2. The van der Waals surface area contributed by atoms with Crippen LogP contribution in [-0.4, -0.2) is 52.6 Å². The van der Waals surface area contributed by atoms with Gasteiger partial charge in [-0.25, -0.2) is 18.2 Å². The molecule has 0 bridgehead atoms. The average molecular weight is 456 g/mol. The second kappa shape index (κ2) is 9.80. The molecule has 0 aliphatic heterocycles. The number of nitrogens with one attached hydrogen (secondary N) is 1. The van der Waals surface area contributed by atoms with Gasteiger partial charge < -0.3 is 10.3 Å². The van der Waals surface area contributed by atoms with Gasteiger partial charge in [0.25, 0.3) is 0 Å². The largest absolute Gasteiger partial charge is 0.351 e. The highest BCUT2D eigenvalue weighted by Crippen LogP contribution is 2.32. The summed E-state index contributed by atoms with van der Waals surface area (Å²) in [6.45, 7) is 10.6. The van der Waals surface area contributed by atoms with Gasteiger partial charge in [0, 0.05) is 19.6 Å². The molecule has 2 rings (SSSR count). The van der Waals surface area contributed by atoms with E-state index in [4.69, 9.17) is 5.73 Å². The maximum Gasteiger partial charge on any atom is 0.318 e. The van der Waals surface area contributed by atoms with E-state index in [1.165, 1.54) is 16.1 Å². The number of aromatic nitrogens is 2. The molecule has 166 valence electrons. The number of fused-ring (bicyclic) bond motifs is 1. The minimum Gasteiger partial charge on any atom is -0.351 e. The number of thioether (sulfide) groups is 1. The molecule has 30 heavy (non-hydrogen) atoms. The van der Waals surface area contributed by atoms with Crippen LogP contribution in [0.25, 0.3) is 11.0 Å². The van der Waals surface area contributed by atoms with Crippen LogP contribution in [0.5, 0.6) is 0 Å². The molecule has 1 heterocycles. The standard InChI is InChI=1S/C19H29N5O4S2/c1-6-23(7-2)30(27,28)13-9-10-15-14(11-13)21-19(24(15)8-3)29-16(12(4)5)17(25)22-18(20)26/h9-12,16H,6-8H2,1-5H3,(H3,20,22,25,26). The van der Waals surface area contributed by atoms with E-state index < -0.39 is 27.2 Å². The third kappa shape index (κ3) is 4.96. The van der Waals surface area contributed by atoms with Crippen molar-refractivity contribution in [3.05, 3.63) is 18.2 Å². The first kappa shape index (κ1) is 24.2. The minimum atomic E-state index is -3.60. The highest BCUT2D eigenvalue weighted by atomic mass is 32.2. The number of rotatable bonds is 9. The molecule has 0 radical (unpaired) electrons. The molecule has 1 aromatic heterocycles. The number of carbonyl (C=O) groups is 2. The van der Waals surface area contributed by atoms with Crippen LogP contribution in [0.2, 0.25) is 0 Å². The summed E-state index contributed by atoms with van der Waals surface area (Å²) in [5.74, 6) is -0.569. The number of urea groups is 1. The van der Waals surface area contributed by atoms with Crippen molar-refractivity contribution in [2.45, 2.75) is 56.5 Å². The molecule has 0 saturated carbocycles. The lowest BCUT2D eigenvalue weighted by molar-refractivity contribution is -0.120. The fourth-order valence-corrected chi connectivity index (χ4v) is 5.80. The van der Waals surface area contributed by atoms with Crippen LogP contribution in [0.1, 0.15) is 34.6 Å². The van der Waals surface area contributed by atoms with Crippen LogP contribution in [-0.2, 0) is 21.4 Å². The highest BCUT2D eigenvalue weighted by Gasteiger charge is 2.28. The Morgan fingerprint density at radius 3 is 2.37 bits per heavy atom. The average Bonchev–Trinajstić information content (AvgIpc) is 3.02. The maximum absolute atomic E-state index is 12.8. The monoisotopic (exact) mass is 455 g/mol. The number of amides is 3. The lowest BCUT2D eigenvalue weighted by atomic mass is 10.1. The zero-order valence-corrected chi connectivity index (χ0v) is 19.5. The van der Waals surface area contributed by atoms with Crippen LogP contribution in [0.15, 0.2) is 28.3 Å². The van der Waals surface area contributed by atoms with Gasteiger partial charge in [-0.15, -0.1) is 0 Å². The fraction of sp³-hybridized carbons (Fsp3) is 0.526. The number of imidazole rings is 1. The normalized spacial score (nSPS) is 13.2. The van der Waals surface area contributed by atoms with Crippen LogP contribution in [0.4, 0.5) is 4.79 Å². The van der Waals surface area contributed by atoms with Crippen molar-refractivity contribution in [3.8, 4) is 0 Å². The Hall–Kier alpha value is -2.11. The number of benzene rings is 1. The van der Waals surface area contributed by atoms with Crippen molar-refractivity contribution in [1.29, 1.82) is 0 Å². The summed E-state index contributed by atoms with van der Waals surface area (Å²) in [6, 6.07) is 3.98. The molecule has 9 nitrogen and oxygen atoms in total. The second-order valence-corrected chi connectivity index (χ2v) is 10.1. The molecule has 0 aliphatic rings. The first-order valence-corrected chi connectivity index (χ1v) is 12.2. The lowest BCUT2D eigenvalue weighted by Gasteiger charge is -2.18. The highest BCUT2D eigenvalue weighted by molar-refractivity contribution is 8.00. The predicted molar refractivity (Wildman–Crippen MR) is 118 cm³/mol. The Morgan fingerprint density at radius 2 is 1.87 bits per heavy atom. The molecular weight excluding hydrogens is 426 g/mol. The molecule has 1 aromatic carbocycles. The number of nitrogens with zero attached hydrogens (tertiary/aromatic N) is 3. The van der Waals surface area contributed by atoms with Gasteiger partial charge in [-0.3, -0.25) is 10.1 Å². The van der Waals surface area contributed by atoms with Gasteiger partial charge in [0.15, 0.2) is 5.16 Å².